The van der Waals surface area contributed by atoms with Gasteiger partial charge in [-0.3, -0.25) is 15.1 Å². The Kier molecular flexibility index (Phi) is 10.5. The predicted octanol–water partition coefficient (Wildman–Crippen LogP) is 5.37. The zero-order valence-corrected chi connectivity index (χ0v) is 28.6. The van der Waals surface area contributed by atoms with E-state index in [4.69, 9.17) is 23.8 Å². The lowest BCUT2D eigenvalue weighted by Crippen LogP contribution is -2.58. The molecule has 0 aromatic heterocycles. The minimum Gasteiger partial charge on any atom is -0.462 e. The van der Waals surface area contributed by atoms with Crippen LogP contribution < -0.4 is 5.48 Å². The van der Waals surface area contributed by atoms with E-state index in [9.17, 15) is 15.0 Å². The van der Waals surface area contributed by atoms with Crippen molar-refractivity contribution in [2.75, 3.05) is 13.7 Å². The van der Waals surface area contributed by atoms with Crippen LogP contribution in [-0.4, -0.2) is 71.8 Å². The van der Waals surface area contributed by atoms with E-state index >= 15 is 0 Å². The highest BCUT2D eigenvalue weighted by atomic mass is 16.7. The van der Waals surface area contributed by atoms with Gasteiger partial charge in [0.15, 0.2) is 5.79 Å². The molecule has 2 bridgehead atoms. The van der Waals surface area contributed by atoms with E-state index in [0.717, 1.165) is 17.7 Å². The highest BCUT2D eigenvalue weighted by Crippen LogP contribution is 2.47. The van der Waals surface area contributed by atoms with E-state index < -0.39 is 41.6 Å². The second kappa shape index (κ2) is 13.9. The highest BCUT2D eigenvalue weighted by molar-refractivity contribution is 5.78. The Morgan fingerprint density at radius 3 is 2.67 bits per heavy atom. The fourth-order valence-electron chi connectivity index (χ4n) is 7.77. The van der Waals surface area contributed by atoms with Gasteiger partial charge < -0.3 is 29.2 Å². The molecule has 0 amide bonds. The monoisotopic (exact) mass is 639 g/mol. The van der Waals surface area contributed by atoms with E-state index in [1.807, 2.05) is 18.2 Å². The molecule has 2 fully saturated rings. The van der Waals surface area contributed by atoms with Crippen LogP contribution >= 0.6 is 0 Å². The second-order valence-corrected chi connectivity index (χ2v) is 14.4. The smallest absolute Gasteiger partial charge is 0.316 e. The Hall–Kier alpha value is -2.53. The maximum absolute atomic E-state index is 14.1. The molecule has 3 N–H and O–H groups in total. The molecule has 5 aliphatic rings. The molecular weight excluding hydrogens is 586 g/mol. The van der Waals surface area contributed by atoms with Crippen LogP contribution in [0.5, 0.6) is 0 Å². The minimum atomic E-state index is -1.74. The first-order chi connectivity index (χ1) is 21.8. The molecule has 254 valence electrons. The third kappa shape index (κ3) is 7.00. The average molecular weight is 640 g/mol. The summed E-state index contributed by atoms with van der Waals surface area (Å²) in [4.78, 5) is 19.5. The topological polar surface area (TPSA) is 116 Å². The van der Waals surface area contributed by atoms with Gasteiger partial charge in [-0.05, 0) is 68.2 Å². The summed E-state index contributed by atoms with van der Waals surface area (Å²) in [5.41, 5.74) is 5.59. The molecule has 0 aromatic rings. The number of fused-ring (bicyclic) bond motifs is 2. The number of hydrogen-bond donors (Lipinski definition) is 3. The van der Waals surface area contributed by atoms with Crippen LogP contribution in [0.15, 0.2) is 70.5 Å². The first kappa shape index (κ1) is 34.8. The minimum absolute atomic E-state index is 0.0340. The first-order valence-corrected chi connectivity index (χ1v) is 16.8. The SMILES string of the molecule is CONC1=C[C@]2(C[C@@H]3C[C@@H](CC=C(C)C[C@@H](C)C=CC=C4CO[C@@H]5[C@H](O)C(C)=C[C@@H](C(=O)O3)[C@]45O)O2)O[C@H](C(C)=CC(C)C)[C@H]1C. The van der Waals surface area contributed by atoms with Crippen LogP contribution in [-0.2, 0) is 28.6 Å². The molecular formula is C37H53NO8. The molecule has 10 atom stereocenters. The molecule has 9 heteroatoms. The summed E-state index contributed by atoms with van der Waals surface area (Å²) in [6.07, 6.45) is 12.9. The van der Waals surface area contributed by atoms with E-state index in [0.29, 0.717) is 29.9 Å². The van der Waals surface area contributed by atoms with Crippen molar-refractivity contribution >= 4 is 5.97 Å². The maximum Gasteiger partial charge on any atom is 0.316 e. The molecule has 1 aliphatic carbocycles. The summed E-state index contributed by atoms with van der Waals surface area (Å²) < 4.78 is 26.0. The number of nitrogens with one attached hydrogen (secondary N) is 1. The Bertz CT molecular complexity index is 1340. The second-order valence-electron chi connectivity index (χ2n) is 14.4. The van der Waals surface area contributed by atoms with E-state index in [1.54, 1.807) is 20.1 Å². The molecule has 2 saturated heterocycles. The number of carbonyl (C=O) groups is 1. The van der Waals surface area contributed by atoms with Gasteiger partial charge in [0.1, 0.15) is 29.8 Å². The van der Waals surface area contributed by atoms with Crippen LogP contribution in [0, 0.1) is 23.7 Å². The zero-order valence-electron chi connectivity index (χ0n) is 28.6. The standard InChI is InChI=1S/C37H53NO8/c1-21(2)14-25(6)33-26(7)31(38-42-8)19-36(46-33)18-29-17-28(45-36)13-12-23(4)15-22(3)10-9-11-27-20-43-34-32(39)24(5)16-30(35(40)44-29)37(27,34)41/h9-12,14,16,19,21-22,26,28-30,32-34,38-39,41H,13,15,17-18,20H2,1-8H3/t22-,26-,28+,29-,30-,32+,33+,34+,36-,37+/m0/s1. The summed E-state index contributed by atoms with van der Waals surface area (Å²) in [6.45, 7) is 14.6. The molecule has 0 unspecified atom stereocenters. The quantitative estimate of drug-likeness (QED) is 0.212. The van der Waals surface area contributed by atoms with Crippen molar-refractivity contribution in [1.29, 1.82) is 0 Å². The Morgan fingerprint density at radius 2 is 1.96 bits per heavy atom. The fraction of sp³-hybridized carbons (Fsp3) is 0.649. The lowest BCUT2D eigenvalue weighted by atomic mass is 9.71. The van der Waals surface area contributed by atoms with Crippen molar-refractivity contribution < 1.29 is 38.8 Å². The van der Waals surface area contributed by atoms with Gasteiger partial charge in [0.05, 0.1) is 25.9 Å². The van der Waals surface area contributed by atoms with Crippen molar-refractivity contribution in [2.45, 2.75) is 116 Å². The Morgan fingerprint density at radius 1 is 1.20 bits per heavy atom. The number of carbonyl (C=O) groups excluding carboxylic acids is 1. The van der Waals surface area contributed by atoms with Crippen molar-refractivity contribution in [1.82, 2.24) is 5.48 Å². The number of hydroxylamine groups is 1. The van der Waals surface area contributed by atoms with Gasteiger partial charge in [-0.2, -0.15) is 0 Å². The van der Waals surface area contributed by atoms with Gasteiger partial charge in [-0.25, -0.2) is 0 Å². The number of hydrogen-bond acceptors (Lipinski definition) is 9. The van der Waals surface area contributed by atoms with Gasteiger partial charge in [0.25, 0.3) is 0 Å². The number of allylic oxidation sites excluding steroid dienone is 5. The number of aliphatic hydroxyl groups excluding tert-OH is 1. The summed E-state index contributed by atoms with van der Waals surface area (Å²) in [7, 11) is 1.58. The van der Waals surface area contributed by atoms with Crippen molar-refractivity contribution in [3.8, 4) is 0 Å². The first-order valence-electron chi connectivity index (χ1n) is 16.8. The third-order valence-corrected chi connectivity index (χ3v) is 9.99. The van der Waals surface area contributed by atoms with Crippen molar-refractivity contribution in [2.24, 2.45) is 23.7 Å². The Labute approximate surface area is 274 Å². The van der Waals surface area contributed by atoms with E-state index in [2.05, 4.69) is 65.3 Å². The number of rotatable bonds is 4. The summed E-state index contributed by atoms with van der Waals surface area (Å²) in [5.74, 6) is -2.26. The number of aliphatic hydroxyl groups is 2. The van der Waals surface area contributed by atoms with Crippen molar-refractivity contribution in [3.05, 3.63) is 70.5 Å². The van der Waals surface area contributed by atoms with Crippen molar-refractivity contribution in [3.63, 3.8) is 0 Å². The van der Waals surface area contributed by atoms with Gasteiger partial charge in [0.2, 0.25) is 0 Å². The zero-order chi connectivity index (χ0) is 33.4. The summed E-state index contributed by atoms with van der Waals surface area (Å²) in [6, 6.07) is 0. The van der Waals surface area contributed by atoms with Crippen LogP contribution in [0.1, 0.15) is 74.1 Å². The van der Waals surface area contributed by atoms with Crippen LogP contribution in [0.4, 0.5) is 0 Å². The lowest BCUT2D eigenvalue weighted by molar-refractivity contribution is -0.291. The molecule has 4 heterocycles. The van der Waals surface area contributed by atoms with Gasteiger partial charge in [-0.15, -0.1) is 0 Å². The number of esters is 1. The maximum atomic E-state index is 14.1. The molecule has 0 radical (unpaired) electrons. The van der Waals surface area contributed by atoms with Gasteiger partial charge in [0, 0.05) is 24.5 Å². The van der Waals surface area contributed by atoms with E-state index in [1.165, 1.54) is 5.57 Å². The highest BCUT2D eigenvalue weighted by Gasteiger charge is 2.60. The normalized spacial score (nSPS) is 40.5. The summed E-state index contributed by atoms with van der Waals surface area (Å²) >= 11 is 0. The van der Waals surface area contributed by atoms with Crippen LogP contribution in [0.3, 0.4) is 0 Å². The summed E-state index contributed by atoms with van der Waals surface area (Å²) in [5, 5.41) is 23.2. The number of ether oxygens (including phenoxy) is 4. The third-order valence-electron chi connectivity index (χ3n) is 9.99. The molecule has 46 heavy (non-hydrogen) atoms. The molecule has 9 nitrogen and oxygen atoms in total. The largest absolute Gasteiger partial charge is 0.462 e. The molecule has 1 spiro atoms. The lowest BCUT2D eigenvalue weighted by Gasteiger charge is -2.48. The Balaban J connectivity index is 1.56. The van der Waals surface area contributed by atoms with E-state index in [-0.39, 0.29) is 37.1 Å². The predicted molar refractivity (Wildman–Crippen MR) is 175 cm³/mol. The van der Waals surface area contributed by atoms with Gasteiger partial charge in [-0.1, -0.05) is 69.7 Å². The molecule has 4 aliphatic heterocycles. The van der Waals surface area contributed by atoms with Gasteiger partial charge >= 0.3 is 5.97 Å². The van der Waals surface area contributed by atoms with Crippen LogP contribution in [0.2, 0.25) is 0 Å². The average Bonchev–Trinajstić information content (AvgIpc) is 3.31. The molecule has 5 rings (SSSR count). The fourth-order valence-corrected chi connectivity index (χ4v) is 7.77. The molecule has 0 aromatic carbocycles. The van der Waals surface area contributed by atoms with Crippen LogP contribution in [0.25, 0.3) is 0 Å². The molecule has 0 saturated carbocycles.